The molecule has 1 aromatic rings. The number of carbonyl (C=O) groups is 1. The molecule has 19 heavy (non-hydrogen) atoms. The Balaban J connectivity index is 2.66. The number of rotatable bonds is 5. The minimum absolute atomic E-state index is 0.189. The van der Waals surface area contributed by atoms with Gasteiger partial charge in [0.1, 0.15) is 11.1 Å². The van der Waals surface area contributed by atoms with Crippen LogP contribution in [0.1, 0.15) is 5.56 Å². The number of carboxylic acid groups (broad SMARTS) is 1. The molecular formula is C10H13N5O4. The Morgan fingerprint density at radius 2 is 2.05 bits per heavy atom. The first-order chi connectivity index (χ1) is 8.88. The quantitative estimate of drug-likeness (QED) is 0.243. The maximum Gasteiger partial charge on any atom is 0.320 e. The van der Waals surface area contributed by atoms with Crippen LogP contribution in [0.5, 0.6) is 0 Å². The zero-order valence-electron chi connectivity index (χ0n) is 9.81. The third-order valence-corrected chi connectivity index (χ3v) is 2.19. The maximum atomic E-state index is 10.6. The summed E-state index contributed by atoms with van der Waals surface area (Å²) in [7, 11) is 0. The zero-order valence-corrected chi connectivity index (χ0v) is 9.81. The van der Waals surface area contributed by atoms with Gasteiger partial charge in [-0.05, 0) is 24.1 Å². The normalized spacial score (nSPS) is 12.8. The third kappa shape index (κ3) is 5.00. The van der Waals surface area contributed by atoms with Crippen LogP contribution in [0.3, 0.4) is 0 Å². The maximum absolute atomic E-state index is 10.6. The number of benzene rings is 1. The largest absolute Gasteiger partial charge is 0.480 e. The molecule has 0 heterocycles. The molecule has 0 radical (unpaired) electrons. The van der Waals surface area contributed by atoms with Crippen LogP contribution in [-0.2, 0) is 11.2 Å². The smallest absolute Gasteiger partial charge is 0.320 e. The van der Waals surface area contributed by atoms with E-state index < -0.39 is 17.0 Å². The molecule has 1 unspecified atom stereocenters. The van der Waals surface area contributed by atoms with Crippen molar-refractivity contribution in [3.05, 3.63) is 39.9 Å². The van der Waals surface area contributed by atoms with Crippen molar-refractivity contribution in [3.8, 4) is 0 Å². The van der Waals surface area contributed by atoms with Gasteiger partial charge in [-0.1, -0.05) is 12.1 Å². The standard InChI is InChI=1S/C10H13N5O4/c11-8(9(16)17)5-6-1-3-7(4-2-6)13-10(12)14-15(18)19/h1-4,8H,5,11H2,(H,16,17)(H3,12,13,14). The lowest BCUT2D eigenvalue weighted by molar-refractivity contribution is -0.485. The number of guanidine groups is 1. The SMILES string of the molecule is NC(=N[N+](=O)[O-])Nc1ccc(CC(N)C(=O)O)cc1. The van der Waals surface area contributed by atoms with E-state index in [0.717, 1.165) is 5.56 Å². The molecule has 0 aliphatic carbocycles. The minimum atomic E-state index is -1.08. The van der Waals surface area contributed by atoms with E-state index >= 15 is 0 Å². The van der Waals surface area contributed by atoms with E-state index in [-0.39, 0.29) is 12.4 Å². The van der Waals surface area contributed by atoms with Gasteiger partial charge in [0.2, 0.25) is 0 Å². The summed E-state index contributed by atoms with van der Waals surface area (Å²) in [5.74, 6) is -1.43. The topological polar surface area (TPSA) is 157 Å². The van der Waals surface area contributed by atoms with Gasteiger partial charge in [0.25, 0.3) is 5.96 Å². The van der Waals surface area contributed by atoms with Crippen LogP contribution in [0.4, 0.5) is 5.69 Å². The minimum Gasteiger partial charge on any atom is -0.480 e. The zero-order chi connectivity index (χ0) is 14.4. The monoisotopic (exact) mass is 267 g/mol. The predicted octanol–water partition coefficient (Wildman–Crippen LogP) is -0.441. The Labute approximate surface area is 108 Å². The molecule has 1 atom stereocenters. The van der Waals surface area contributed by atoms with Crippen LogP contribution in [0.25, 0.3) is 0 Å². The van der Waals surface area contributed by atoms with Gasteiger partial charge in [-0.15, -0.1) is 0 Å². The van der Waals surface area contributed by atoms with Gasteiger partial charge in [0.15, 0.2) is 5.03 Å². The van der Waals surface area contributed by atoms with E-state index in [0.29, 0.717) is 5.69 Å². The molecule has 9 nitrogen and oxygen atoms in total. The molecule has 9 heteroatoms. The molecule has 0 amide bonds. The van der Waals surface area contributed by atoms with Crippen LogP contribution in [0.15, 0.2) is 29.4 Å². The van der Waals surface area contributed by atoms with Gasteiger partial charge in [-0.3, -0.25) is 4.79 Å². The molecule has 0 saturated heterocycles. The van der Waals surface area contributed by atoms with Crippen molar-refractivity contribution in [2.45, 2.75) is 12.5 Å². The number of hydrogen-bond donors (Lipinski definition) is 4. The molecule has 1 aromatic carbocycles. The van der Waals surface area contributed by atoms with Crippen molar-refractivity contribution in [2.75, 3.05) is 5.32 Å². The molecule has 0 bridgehead atoms. The summed E-state index contributed by atoms with van der Waals surface area (Å²) < 4.78 is 0. The van der Waals surface area contributed by atoms with Crippen molar-refractivity contribution in [1.29, 1.82) is 0 Å². The second kappa shape index (κ2) is 6.31. The molecule has 6 N–H and O–H groups in total. The van der Waals surface area contributed by atoms with Crippen LogP contribution in [0, 0.1) is 10.1 Å². The highest BCUT2D eigenvalue weighted by molar-refractivity contribution is 5.91. The number of aliphatic carboxylic acids is 1. The lowest BCUT2D eigenvalue weighted by Gasteiger charge is -2.07. The number of nitro groups is 1. The molecule has 0 fully saturated rings. The Morgan fingerprint density at radius 1 is 1.47 bits per heavy atom. The summed E-state index contributed by atoms with van der Waals surface area (Å²) in [6.07, 6.45) is 0.189. The number of carboxylic acids is 1. The first-order valence-electron chi connectivity index (χ1n) is 5.21. The lowest BCUT2D eigenvalue weighted by atomic mass is 10.1. The first-order valence-corrected chi connectivity index (χ1v) is 5.21. The second-order valence-electron chi connectivity index (χ2n) is 3.69. The van der Waals surface area contributed by atoms with Crippen molar-refractivity contribution in [3.63, 3.8) is 0 Å². The average Bonchev–Trinajstić information content (AvgIpc) is 2.30. The third-order valence-electron chi connectivity index (χ3n) is 2.19. The number of hydrogen-bond acceptors (Lipinski definition) is 4. The molecule has 0 spiro atoms. The van der Waals surface area contributed by atoms with E-state index in [1.54, 1.807) is 24.3 Å². The van der Waals surface area contributed by atoms with Crippen molar-refractivity contribution in [2.24, 2.45) is 16.6 Å². The van der Waals surface area contributed by atoms with Crippen LogP contribution < -0.4 is 16.8 Å². The van der Waals surface area contributed by atoms with E-state index in [1.165, 1.54) is 0 Å². The Kier molecular flexibility index (Phi) is 4.77. The van der Waals surface area contributed by atoms with Crippen LogP contribution in [-0.4, -0.2) is 28.1 Å². The number of nitrogens with zero attached hydrogens (tertiary/aromatic N) is 2. The van der Waals surface area contributed by atoms with Crippen molar-refractivity contribution in [1.82, 2.24) is 0 Å². The molecule has 0 aliphatic rings. The van der Waals surface area contributed by atoms with Crippen molar-refractivity contribution >= 4 is 17.6 Å². The van der Waals surface area contributed by atoms with Crippen LogP contribution >= 0.6 is 0 Å². The summed E-state index contributed by atoms with van der Waals surface area (Å²) in [6, 6.07) is 5.49. The average molecular weight is 267 g/mol. The first kappa shape index (κ1) is 14.4. The highest BCUT2D eigenvalue weighted by Gasteiger charge is 2.11. The molecule has 0 aromatic heterocycles. The van der Waals surface area contributed by atoms with Gasteiger partial charge in [-0.25, -0.2) is 10.1 Å². The van der Waals surface area contributed by atoms with Gasteiger partial charge in [0.05, 0.1) is 0 Å². The van der Waals surface area contributed by atoms with Gasteiger partial charge in [0, 0.05) is 5.69 Å². The highest BCUT2D eigenvalue weighted by Crippen LogP contribution is 2.10. The lowest BCUT2D eigenvalue weighted by Crippen LogP contribution is -2.32. The number of nitrogens with one attached hydrogen (secondary N) is 1. The molecule has 0 saturated carbocycles. The summed E-state index contributed by atoms with van der Waals surface area (Å²) in [5, 5.41) is 23.2. The fourth-order valence-electron chi connectivity index (χ4n) is 1.33. The van der Waals surface area contributed by atoms with Crippen LogP contribution in [0.2, 0.25) is 0 Å². The fraction of sp³-hybridized carbons (Fsp3) is 0.200. The molecule has 0 aliphatic heterocycles. The van der Waals surface area contributed by atoms with E-state index in [1.807, 2.05) is 0 Å². The van der Waals surface area contributed by atoms with Gasteiger partial charge >= 0.3 is 5.97 Å². The van der Waals surface area contributed by atoms with Gasteiger partial charge in [-0.2, -0.15) is 0 Å². The number of anilines is 1. The highest BCUT2D eigenvalue weighted by atomic mass is 16.7. The van der Waals surface area contributed by atoms with E-state index in [4.69, 9.17) is 16.6 Å². The Hall–Kier alpha value is -2.68. The summed E-state index contributed by atoms with van der Waals surface area (Å²) >= 11 is 0. The van der Waals surface area contributed by atoms with Crippen molar-refractivity contribution < 1.29 is 14.9 Å². The Morgan fingerprint density at radius 3 is 2.53 bits per heavy atom. The number of hydrazone groups is 1. The second-order valence-corrected chi connectivity index (χ2v) is 3.69. The molecular weight excluding hydrogens is 254 g/mol. The van der Waals surface area contributed by atoms with Gasteiger partial charge < -0.3 is 21.9 Å². The Bertz CT molecular complexity index is 499. The summed E-state index contributed by atoms with van der Waals surface area (Å²) in [4.78, 5) is 20.7. The molecule has 1 rings (SSSR count). The number of nitrogens with two attached hydrogens (primary N) is 2. The van der Waals surface area contributed by atoms with E-state index in [2.05, 4.69) is 10.4 Å². The predicted molar refractivity (Wildman–Crippen MR) is 68.0 cm³/mol. The molecule has 102 valence electrons. The van der Waals surface area contributed by atoms with E-state index in [9.17, 15) is 14.9 Å². The fourth-order valence-corrected chi connectivity index (χ4v) is 1.33. The summed E-state index contributed by atoms with van der Waals surface area (Å²) in [5.41, 5.74) is 11.9. The summed E-state index contributed by atoms with van der Waals surface area (Å²) in [6.45, 7) is 0.